The molecule has 0 radical (unpaired) electrons. The van der Waals surface area contributed by atoms with Gasteiger partial charge in [0.1, 0.15) is 33.9 Å². The molecule has 20 heteroatoms. The van der Waals surface area contributed by atoms with Gasteiger partial charge in [0.15, 0.2) is 0 Å². The molecule has 0 spiro atoms. The lowest BCUT2D eigenvalue weighted by atomic mass is 10.1. The van der Waals surface area contributed by atoms with Crippen LogP contribution in [0.5, 0.6) is 11.5 Å². The van der Waals surface area contributed by atoms with E-state index in [9.17, 15) is 19.2 Å². The first-order chi connectivity index (χ1) is 30.8. The molecule has 2 aromatic carbocycles. The van der Waals surface area contributed by atoms with Crippen LogP contribution in [-0.4, -0.2) is 125 Å². The second kappa shape index (κ2) is 19.5. The minimum Gasteiger partial charge on any atom is -0.494 e. The maximum absolute atomic E-state index is 13.9. The van der Waals surface area contributed by atoms with Crippen molar-refractivity contribution in [1.29, 1.82) is 0 Å². The minimum absolute atomic E-state index is 0.176. The number of fused-ring (bicyclic) bond motifs is 2. The van der Waals surface area contributed by atoms with Gasteiger partial charge in [0.25, 0.3) is 11.8 Å². The van der Waals surface area contributed by atoms with Crippen molar-refractivity contribution in [3.63, 3.8) is 0 Å². The molecule has 1 aliphatic rings. The van der Waals surface area contributed by atoms with E-state index in [0.717, 1.165) is 45.7 Å². The van der Waals surface area contributed by atoms with Gasteiger partial charge in [-0.15, -0.1) is 0 Å². The molecule has 4 aromatic heterocycles. The summed E-state index contributed by atoms with van der Waals surface area (Å²) in [5.74, 6) is -1.05. The third-order valence-electron chi connectivity index (χ3n) is 11.3. The van der Waals surface area contributed by atoms with E-state index in [1.54, 1.807) is 48.8 Å². The number of aromatic nitrogens is 8. The molecule has 6 aromatic rings. The van der Waals surface area contributed by atoms with Crippen LogP contribution in [0.15, 0.2) is 48.6 Å². The molecule has 1 aliphatic heterocycles. The number of rotatable bonds is 19. The van der Waals surface area contributed by atoms with Gasteiger partial charge in [0.2, 0.25) is 23.7 Å². The third-order valence-corrected chi connectivity index (χ3v) is 11.3. The fourth-order valence-corrected chi connectivity index (χ4v) is 7.99. The normalized spacial score (nSPS) is 13.6. The monoisotopic (exact) mass is 876 g/mol. The van der Waals surface area contributed by atoms with Gasteiger partial charge in [0.05, 0.1) is 36.1 Å². The summed E-state index contributed by atoms with van der Waals surface area (Å²) in [6, 6.07) is 9.67. The number of aryl methyl sites for hydroxylation is 4. The van der Waals surface area contributed by atoms with Crippen LogP contribution in [-0.2, 0) is 26.2 Å². The molecule has 64 heavy (non-hydrogen) atoms. The molecule has 7 rings (SSSR count). The molecule has 1 saturated heterocycles. The third kappa shape index (κ3) is 9.61. The summed E-state index contributed by atoms with van der Waals surface area (Å²) in [4.78, 5) is 66.8. The van der Waals surface area contributed by atoms with Gasteiger partial charge in [-0.2, -0.15) is 10.2 Å². The van der Waals surface area contributed by atoms with E-state index in [1.165, 1.54) is 13.2 Å². The number of allylic oxidation sites excluding steroid dienone is 2. The molecule has 0 unspecified atom stereocenters. The first kappa shape index (κ1) is 45.0. The number of hydrogen-bond donors (Lipinski definition) is 4. The number of anilines is 2. The number of carbonyl (C=O) groups is 4. The Morgan fingerprint density at radius 2 is 1.14 bits per heavy atom. The number of piperazine rings is 1. The summed E-state index contributed by atoms with van der Waals surface area (Å²) in [7, 11) is 1.47. The van der Waals surface area contributed by atoms with Crippen LogP contribution in [0.3, 0.4) is 0 Å². The molecule has 4 amide bonds. The second-order valence-electron chi connectivity index (χ2n) is 15.5. The van der Waals surface area contributed by atoms with Gasteiger partial charge >= 0.3 is 0 Å². The van der Waals surface area contributed by atoms with Crippen molar-refractivity contribution >= 4 is 57.6 Å². The van der Waals surface area contributed by atoms with Gasteiger partial charge in [-0.1, -0.05) is 19.1 Å². The quantitative estimate of drug-likeness (QED) is 0.0671. The number of benzene rings is 2. The number of primary amides is 2. The van der Waals surface area contributed by atoms with E-state index in [1.807, 2.05) is 39.8 Å². The SMILES string of the molecule is CCN1CCN(CCCOc2cc(C(N)=O)cc3nc(NC(=O)c4cc(C)nn4CC)n(C/C=C/Cn4c(NC(=O)c5cc(C)nn5CC)nc5cc(C(N)=O)cc(OC)c54)c23)CC1. The van der Waals surface area contributed by atoms with Crippen molar-refractivity contribution < 1.29 is 28.7 Å². The van der Waals surface area contributed by atoms with E-state index in [0.29, 0.717) is 76.0 Å². The Balaban J connectivity index is 1.24. The Labute approximate surface area is 370 Å². The molecule has 5 heterocycles. The van der Waals surface area contributed by atoms with Crippen molar-refractivity contribution in [1.82, 2.24) is 48.5 Å². The van der Waals surface area contributed by atoms with Crippen molar-refractivity contribution in [3.05, 3.63) is 82.5 Å². The van der Waals surface area contributed by atoms with Gasteiger partial charge in [-0.25, -0.2) is 9.97 Å². The summed E-state index contributed by atoms with van der Waals surface area (Å²) >= 11 is 0. The standard InChI is InChI=1S/C44H56N14O6/c1-7-53-16-18-54(19-17-53)13-12-20-64-36-26-30(40(46)60)24-32-38(36)56(44(48-32)50-42(62)34-22-28(5)52-58(34)9-3)15-11-10-14-55-37-31(23-29(39(45)59)25-35(37)63-6)47-43(55)49-41(61)33-21-27(4)51-57(33)8-2/h10-11,21-26H,7-9,12-20H2,1-6H3,(H2,45,59)(H2,46,60)(H,47,49,61)(H,48,50,62)/b11-10+. The molecule has 338 valence electrons. The van der Waals surface area contributed by atoms with Gasteiger partial charge in [-0.3, -0.25) is 39.2 Å². The predicted molar refractivity (Wildman–Crippen MR) is 242 cm³/mol. The minimum atomic E-state index is -0.663. The zero-order valence-electron chi connectivity index (χ0n) is 37.2. The van der Waals surface area contributed by atoms with Gasteiger partial charge in [0, 0.05) is 70.0 Å². The molecule has 20 nitrogen and oxygen atoms in total. The molecule has 1 fully saturated rings. The predicted octanol–water partition coefficient (Wildman–Crippen LogP) is 3.81. The van der Waals surface area contributed by atoms with Crippen molar-refractivity contribution in [2.24, 2.45) is 11.5 Å². The van der Waals surface area contributed by atoms with Crippen LogP contribution in [0.4, 0.5) is 11.9 Å². The van der Waals surface area contributed by atoms with Crippen LogP contribution >= 0.6 is 0 Å². The van der Waals surface area contributed by atoms with Gasteiger partial charge in [-0.05, 0) is 77.1 Å². The lowest BCUT2D eigenvalue weighted by molar-refractivity contribution is 0.0991. The number of likely N-dealkylation sites (N-methyl/N-ethyl adjacent to an activating group) is 1. The summed E-state index contributed by atoms with van der Waals surface area (Å²) in [6.07, 6.45) is 4.48. The van der Waals surface area contributed by atoms with E-state index < -0.39 is 23.6 Å². The smallest absolute Gasteiger partial charge is 0.276 e. The molecule has 0 atom stereocenters. The number of nitrogens with one attached hydrogen (secondary N) is 2. The van der Waals surface area contributed by atoms with Crippen molar-refractivity contribution in [3.8, 4) is 11.5 Å². The largest absolute Gasteiger partial charge is 0.494 e. The number of methoxy groups -OCH3 is 1. The summed E-state index contributed by atoms with van der Waals surface area (Å²) in [5, 5.41) is 14.8. The highest BCUT2D eigenvalue weighted by atomic mass is 16.5. The lowest BCUT2D eigenvalue weighted by Crippen LogP contribution is -2.46. The topological polar surface area (TPSA) is 241 Å². The molecule has 6 N–H and O–H groups in total. The highest BCUT2D eigenvalue weighted by Gasteiger charge is 2.24. The summed E-state index contributed by atoms with van der Waals surface area (Å²) in [6.45, 7) is 17.2. The van der Waals surface area contributed by atoms with Crippen molar-refractivity contribution in [2.45, 2.75) is 67.2 Å². The Kier molecular flexibility index (Phi) is 13.7. The van der Waals surface area contributed by atoms with Crippen LogP contribution in [0.25, 0.3) is 22.1 Å². The number of amides is 4. The Morgan fingerprint density at radius 3 is 1.59 bits per heavy atom. The highest BCUT2D eigenvalue weighted by Crippen LogP contribution is 2.33. The van der Waals surface area contributed by atoms with Gasteiger partial charge < -0.3 is 39.9 Å². The molecule has 0 aliphatic carbocycles. The van der Waals surface area contributed by atoms with E-state index in [-0.39, 0.29) is 36.1 Å². The van der Waals surface area contributed by atoms with Crippen LogP contribution < -0.4 is 31.6 Å². The summed E-state index contributed by atoms with van der Waals surface area (Å²) in [5.41, 5.74) is 15.8. The number of carbonyl (C=O) groups excluding carboxylic acids is 4. The molecular weight excluding hydrogens is 821 g/mol. The van der Waals surface area contributed by atoms with E-state index in [4.69, 9.17) is 30.9 Å². The number of nitrogens with zero attached hydrogens (tertiary/aromatic N) is 10. The second-order valence-corrected chi connectivity index (χ2v) is 15.5. The lowest BCUT2D eigenvalue weighted by Gasteiger charge is -2.33. The van der Waals surface area contributed by atoms with Crippen LogP contribution in [0.1, 0.15) is 80.3 Å². The zero-order chi connectivity index (χ0) is 45.7. The molecule has 0 bridgehead atoms. The maximum atomic E-state index is 13.9. The fraction of sp³-hybridized carbons (Fsp3) is 0.409. The number of imidazole rings is 2. The van der Waals surface area contributed by atoms with Crippen LogP contribution in [0.2, 0.25) is 0 Å². The average Bonchev–Trinajstić information content (AvgIpc) is 4.05. The first-order valence-corrected chi connectivity index (χ1v) is 21.5. The Bertz CT molecular complexity index is 2730. The Morgan fingerprint density at radius 1 is 0.672 bits per heavy atom. The summed E-state index contributed by atoms with van der Waals surface area (Å²) < 4.78 is 18.9. The number of ether oxygens (including phenoxy) is 2. The molecular formula is C44H56N14O6. The average molecular weight is 877 g/mol. The number of nitrogens with two attached hydrogens (primary N) is 2. The first-order valence-electron chi connectivity index (χ1n) is 21.5. The van der Waals surface area contributed by atoms with E-state index in [2.05, 4.69) is 37.6 Å². The maximum Gasteiger partial charge on any atom is 0.276 e. The van der Waals surface area contributed by atoms with E-state index >= 15 is 0 Å². The molecule has 0 saturated carbocycles. The fourth-order valence-electron chi connectivity index (χ4n) is 7.99. The highest BCUT2D eigenvalue weighted by molar-refractivity contribution is 6.05. The Hall–Kier alpha value is -7.06. The van der Waals surface area contributed by atoms with Crippen LogP contribution in [0, 0.1) is 13.8 Å². The van der Waals surface area contributed by atoms with Crippen molar-refractivity contribution in [2.75, 3.05) is 63.6 Å². The zero-order valence-corrected chi connectivity index (χ0v) is 37.2. The number of hydrogen-bond acceptors (Lipinski definition) is 12.